The highest BCUT2D eigenvalue weighted by Crippen LogP contribution is 2.16. The first kappa shape index (κ1) is 14.8. The fourth-order valence-corrected chi connectivity index (χ4v) is 2.26. The molecular weight excluding hydrogens is 286 g/mol. The van der Waals surface area contributed by atoms with Gasteiger partial charge in [-0.3, -0.25) is 4.79 Å². The molecule has 23 heavy (non-hydrogen) atoms. The number of nitrogens with one attached hydrogen (secondary N) is 2. The number of hydrogen-bond donors (Lipinski definition) is 2. The van der Waals surface area contributed by atoms with Gasteiger partial charge in [0.2, 0.25) is 5.91 Å². The second kappa shape index (κ2) is 7.22. The van der Waals surface area contributed by atoms with Gasteiger partial charge in [0.25, 0.3) is 0 Å². The summed E-state index contributed by atoms with van der Waals surface area (Å²) in [6, 6.07) is 13.8. The normalized spacial score (nSPS) is 11.5. The van der Waals surface area contributed by atoms with Gasteiger partial charge in [-0.05, 0) is 23.8 Å². The van der Waals surface area contributed by atoms with Crippen LogP contribution in [0.1, 0.15) is 11.1 Å². The van der Waals surface area contributed by atoms with Gasteiger partial charge in [-0.15, -0.1) is 0 Å². The zero-order valence-electron chi connectivity index (χ0n) is 12.6. The van der Waals surface area contributed by atoms with Crippen molar-refractivity contribution in [2.24, 2.45) is 0 Å². The summed E-state index contributed by atoms with van der Waals surface area (Å²) < 4.78 is 0. The van der Waals surface area contributed by atoms with Gasteiger partial charge in [-0.2, -0.15) is 0 Å². The van der Waals surface area contributed by atoms with E-state index in [-0.39, 0.29) is 5.91 Å². The highest BCUT2D eigenvalue weighted by atomic mass is 16.1. The molecule has 1 amide bonds. The van der Waals surface area contributed by atoms with Crippen LogP contribution in [0.2, 0.25) is 0 Å². The molecule has 0 fully saturated rings. The Morgan fingerprint density at radius 3 is 2.87 bits per heavy atom. The second-order valence-electron chi connectivity index (χ2n) is 5.04. The van der Waals surface area contributed by atoms with Crippen LogP contribution >= 0.6 is 0 Å². The van der Waals surface area contributed by atoms with Gasteiger partial charge in [0, 0.05) is 36.0 Å². The van der Waals surface area contributed by atoms with E-state index in [0.717, 1.165) is 22.2 Å². The summed E-state index contributed by atoms with van der Waals surface area (Å²) in [4.78, 5) is 19.1. The van der Waals surface area contributed by atoms with Gasteiger partial charge in [-0.25, -0.2) is 4.98 Å². The molecule has 0 aliphatic rings. The van der Waals surface area contributed by atoms with Crippen LogP contribution in [0.3, 0.4) is 0 Å². The largest absolute Gasteiger partial charge is 0.349 e. The molecule has 2 aromatic heterocycles. The summed E-state index contributed by atoms with van der Waals surface area (Å²) >= 11 is 0. The van der Waals surface area contributed by atoms with Gasteiger partial charge in [0.15, 0.2) is 0 Å². The number of fused-ring (bicyclic) bond motifs is 1. The fraction of sp³-hybridized carbons (Fsp3) is 0.0526. The summed E-state index contributed by atoms with van der Waals surface area (Å²) in [5.41, 5.74) is 2.88. The SMILES string of the molecule is O=C(C=Cc1c[nH]c2ncccc12)NCC=Cc1ccccc1. The lowest BCUT2D eigenvalue weighted by atomic mass is 10.2. The van der Waals surface area contributed by atoms with Crippen molar-refractivity contribution in [3.05, 3.63) is 78.1 Å². The Labute approximate surface area is 134 Å². The average molecular weight is 303 g/mol. The van der Waals surface area contributed by atoms with E-state index in [2.05, 4.69) is 15.3 Å². The maximum atomic E-state index is 11.8. The topological polar surface area (TPSA) is 57.8 Å². The molecule has 0 aliphatic heterocycles. The van der Waals surface area contributed by atoms with Gasteiger partial charge >= 0.3 is 0 Å². The number of amides is 1. The fourth-order valence-electron chi connectivity index (χ4n) is 2.26. The molecule has 3 rings (SSSR count). The number of hydrogen-bond acceptors (Lipinski definition) is 2. The van der Waals surface area contributed by atoms with Crippen molar-refractivity contribution in [2.45, 2.75) is 0 Å². The van der Waals surface area contributed by atoms with E-state index in [0.29, 0.717) is 6.54 Å². The van der Waals surface area contributed by atoms with Gasteiger partial charge in [-0.1, -0.05) is 42.5 Å². The molecule has 0 bridgehead atoms. The zero-order chi connectivity index (χ0) is 15.9. The van der Waals surface area contributed by atoms with E-state index >= 15 is 0 Å². The summed E-state index contributed by atoms with van der Waals surface area (Å²) in [7, 11) is 0. The lowest BCUT2D eigenvalue weighted by Crippen LogP contribution is -2.20. The third kappa shape index (κ3) is 3.95. The van der Waals surface area contributed by atoms with Crippen molar-refractivity contribution in [2.75, 3.05) is 6.54 Å². The maximum absolute atomic E-state index is 11.8. The number of rotatable bonds is 5. The Bertz CT molecular complexity index is 847. The molecule has 0 saturated heterocycles. The Kier molecular flexibility index (Phi) is 4.64. The van der Waals surface area contributed by atoms with Crippen LogP contribution in [0.4, 0.5) is 0 Å². The summed E-state index contributed by atoms with van der Waals surface area (Å²) in [5, 5.41) is 3.83. The van der Waals surface area contributed by atoms with E-state index in [1.165, 1.54) is 6.08 Å². The molecule has 2 N–H and O–H groups in total. The smallest absolute Gasteiger partial charge is 0.244 e. The maximum Gasteiger partial charge on any atom is 0.244 e. The summed E-state index contributed by atoms with van der Waals surface area (Å²) in [6.07, 6.45) is 10.8. The minimum atomic E-state index is -0.124. The summed E-state index contributed by atoms with van der Waals surface area (Å²) in [5.74, 6) is -0.124. The Balaban J connectivity index is 1.54. The lowest BCUT2D eigenvalue weighted by molar-refractivity contribution is -0.116. The monoisotopic (exact) mass is 303 g/mol. The van der Waals surface area contributed by atoms with Gasteiger partial charge in [0.1, 0.15) is 5.65 Å². The predicted octanol–water partition coefficient (Wildman–Crippen LogP) is 3.41. The van der Waals surface area contributed by atoms with Gasteiger partial charge < -0.3 is 10.3 Å². The van der Waals surface area contributed by atoms with Crippen molar-refractivity contribution in [1.29, 1.82) is 0 Å². The Morgan fingerprint density at radius 2 is 2.00 bits per heavy atom. The lowest BCUT2D eigenvalue weighted by Gasteiger charge is -1.97. The van der Waals surface area contributed by atoms with Crippen molar-refractivity contribution in [1.82, 2.24) is 15.3 Å². The molecule has 0 saturated carbocycles. The molecular formula is C19H17N3O. The molecule has 0 aliphatic carbocycles. The number of benzene rings is 1. The van der Waals surface area contributed by atoms with E-state index in [1.54, 1.807) is 12.3 Å². The first-order valence-electron chi connectivity index (χ1n) is 7.42. The van der Waals surface area contributed by atoms with E-state index in [1.807, 2.05) is 60.8 Å². The molecule has 1 aromatic carbocycles. The molecule has 114 valence electrons. The van der Waals surface area contributed by atoms with Crippen molar-refractivity contribution < 1.29 is 4.79 Å². The first-order chi connectivity index (χ1) is 11.3. The van der Waals surface area contributed by atoms with Crippen molar-refractivity contribution in [3.8, 4) is 0 Å². The number of aromatic nitrogens is 2. The van der Waals surface area contributed by atoms with Crippen LogP contribution in [0.5, 0.6) is 0 Å². The van der Waals surface area contributed by atoms with Gasteiger partial charge in [0.05, 0.1) is 0 Å². The third-order valence-corrected chi connectivity index (χ3v) is 3.40. The van der Waals surface area contributed by atoms with Crippen LogP contribution < -0.4 is 5.32 Å². The quantitative estimate of drug-likeness (QED) is 0.710. The molecule has 0 spiro atoms. The highest BCUT2D eigenvalue weighted by Gasteiger charge is 2.00. The van der Waals surface area contributed by atoms with E-state index in [4.69, 9.17) is 0 Å². The zero-order valence-corrected chi connectivity index (χ0v) is 12.6. The molecule has 3 aromatic rings. The number of carbonyl (C=O) groups excluding carboxylic acids is 1. The Morgan fingerprint density at radius 1 is 1.13 bits per heavy atom. The van der Waals surface area contributed by atoms with Crippen LogP contribution in [0, 0.1) is 0 Å². The van der Waals surface area contributed by atoms with E-state index in [9.17, 15) is 4.79 Å². The number of carbonyl (C=O) groups is 1. The third-order valence-electron chi connectivity index (χ3n) is 3.40. The van der Waals surface area contributed by atoms with Crippen LogP contribution in [0.15, 0.2) is 67.0 Å². The molecule has 0 atom stereocenters. The second-order valence-corrected chi connectivity index (χ2v) is 5.04. The van der Waals surface area contributed by atoms with E-state index < -0.39 is 0 Å². The van der Waals surface area contributed by atoms with Crippen LogP contribution in [-0.2, 0) is 4.79 Å². The predicted molar refractivity (Wildman–Crippen MR) is 93.6 cm³/mol. The molecule has 4 heteroatoms. The molecule has 4 nitrogen and oxygen atoms in total. The molecule has 0 unspecified atom stereocenters. The summed E-state index contributed by atoms with van der Waals surface area (Å²) in [6.45, 7) is 0.494. The molecule has 2 heterocycles. The number of H-pyrrole nitrogens is 1. The average Bonchev–Trinajstić information content (AvgIpc) is 3.01. The number of aromatic amines is 1. The van der Waals surface area contributed by atoms with Crippen LogP contribution in [-0.4, -0.2) is 22.4 Å². The molecule has 0 radical (unpaired) electrons. The number of nitrogens with zero attached hydrogens (tertiary/aromatic N) is 1. The highest BCUT2D eigenvalue weighted by molar-refractivity contribution is 5.95. The van der Waals surface area contributed by atoms with Crippen LogP contribution in [0.25, 0.3) is 23.2 Å². The standard InChI is InChI=1S/C19H17N3O/c23-18(20-12-4-8-15-6-2-1-3-7-15)11-10-16-14-22-19-17(16)9-5-13-21-19/h1-11,13-14H,12H2,(H,20,23)(H,21,22). The Hall–Kier alpha value is -3.14. The van der Waals surface area contributed by atoms with Crippen molar-refractivity contribution in [3.63, 3.8) is 0 Å². The first-order valence-corrected chi connectivity index (χ1v) is 7.42. The number of pyridine rings is 1. The van der Waals surface area contributed by atoms with Crippen molar-refractivity contribution >= 4 is 29.1 Å². The minimum absolute atomic E-state index is 0.124. The minimum Gasteiger partial charge on any atom is -0.349 e.